The molecule has 0 aromatic carbocycles. The molecule has 1 rings (SSSR count). The Morgan fingerprint density at radius 3 is 3.00 bits per heavy atom. The molecule has 1 unspecified atom stereocenters. The highest BCUT2D eigenvalue weighted by atomic mass is 35.5. The summed E-state index contributed by atoms with van der Waals surface area (Å²) in [5.74, 6) is 0.344. The molecule has 15 heavy (non-hydrogen) atoms. The zero-order valence-corrected chi connectivity index (χ0v) is 9.58. The lowest BCUT2D eigenvalue weighted by molar-refractivity contribution is 0.201. The van der Waals surface area contributed by atoms with E-state index in [-0.39, 0.29) is 6.10 Å². The first-order chi connectivity index (χ1) is 7.19. The Balaban J connectivity index is 2.82. The molecule has 0 bridgehead atoms. The average molecular weight is 225 g/mol. The largest absolute Gasteiger partial charge is 0.474 e. The fourth-order valence-corrected chi connectivity index (χ4v) is 1.45. The number of nitrogens with zero attached hydrogens (tertiary/aromatic N) is 2. The van der Waals surface area contributed by atoms with Crippen LogP contribution in [0.2, 0.25) is 5.02 Å². The molecule has 0 saturated carbocycles. The number of rotatable bonds is 4. The summed E-state index contributed by atoms with van der Waals surface area (Å²) in [6.45, 7) is 4.04. The van der Waals surface area contributed by atoms with Gasteiger partial charge in [-0.3, -0.25) is 0 Å². The predicted octanol–water partition coefficient (Wildman–Crippen LogP) is 3.17. The second-order valence-electron chi connectivity index (χ2n) is 3.31. The lowest BCUT2D eigenvalue weighted by Gasteiger charge is -2.13. The van der Waals surface area contributed by atoms with Crippen molar-refractivity contribution in [3.05, 3.63) is 22.8 Å². The van der Waals surface area contributed by atoms with E-state index in [4.69, 9.17) is 21.6 Å². The van der Waals surface area contributed by atoms with Gasteiger partial charge in [0.2, 0.25) is 5.88 Å². The zero-order valence-electron chi connectivity index (χ0n) is 8.83. The standard InChI is InChI=1S/C11H13ClN2O/c1-3-4-8(2)15-11-10(12)9(7-13)5-6-14-11/h5-6,8H,3-4H2,1-2H3. The number of halogens is 1. The molecule has 1 atom stereocenters. The molecule has 0 aliphatic carbocycles. The van der Waals surface area contributed by atoms with Crippen LogP contribution in [0.25, 0.3) is 0 Å². The fraction of sp³-hybridized carbons (Fsp3) is 0.455. The second kappa shape index (κ2) is 5.57. The van der Waals surface area contributed by atoms with Gasteiger partial charge in [0.1, 0.15) is 11.1 Å². The predicted molar refractivity (Wildman–Crippen MR) is 59.0 cm³/mol. The summed E-state index contributed by atoms with van der Waals surface area (Å²) in [4.78, 5) is 4.00. The molecule has 0 radical (unpaired) electrons. The van der Waals surface area contributed by atoms with E-state index in [0.717, 1.165) is 12.8 Å². The van der Waals surface area contributed by atoms with Crippen molar-refractivity contribution in [3.63, 3.8) is 0 Å². The number of nitriles is 1. The van der Waals surface area contributed by atoms with Gasteiger partial charge in [-0.05, 0) is 19.4 Å². The maximum Gasteiger partial charge on any atom is 0.234 e. The van der Waals surface area contributed by atoms with Crippen molar-refractivity contribution >= 4 is 11.6 Å². The van der Waals surface area contributed by atoms with E-state index in [9.17, 15) is 0 Å². The van der Waals surface area contributed by atoms with Crippen molar-refractivity contribution in [2.75, 3.05) is 0 Å². The Kier molecular flexibility index (Phi) is 4.38. The van der Waals surface area contributed by atoms with E-state index >= 15 is 0 Å². The summed E-state index contributed by atoms with van der Waals surface area (Å²) in [7, 11) is 0. The van der Waals surface area contributed by atoms with Crippen LogP contribution >= 0.6 is 11.6 Å². The number of ether oxygens (including phenoxy) is 1. The fourth-order valence-electron chi connectivity index (χ4n) is 1.25. The third-order valence-electron chi connectivity index (χ3n) is 1.99. The normalized spacial score (nSPS) is 11.9. The molecule has 0 spiro atoms. The van der Waals surface area contributed by atoms with Crippen LogP contribution in [0.5, 0.6) is 5.88 Å². The quantitative estimate of drug-likeness (QED) is 0.789. The Hall–Kier alpha value is -1.27. The minimum atomic E-state index is 0.0638. The monoisotopic (exact) mass is 224 g/mol. The Bertz CT molecular complexity index is 373. The summed E-state index contributed by atoms with van der Waals surface area (Å²) in [5, 5.41) is 9.06. The number of hydrogen-bond acceptors (Lipinski definition) is 3. The third-order valence-corrected chi connectivity index (χ3v) is 2.35. The van der Waals surface area contributed by atoms with Crippen LogP contribution < -0.4 is 4.74 Å². The molecule has 4 heteroatoms. The molecular weight excluding hydrogens is 212 g/mol. The summed E-state index contributed by atoms with van der Waals surface area (Å²) < 4.78 is 5.53. The van der Waals surface area contributed by atoms with E-state index in [2.05, 4.69) is 11.9 Å². The van der Waals surface area contributed by atoms with Crippen molar-refractivity contribution in [2.45, 2.75) is 32.8 Å². The number of pyridine rings is 1. The molecule has 80 valence electrons. The van der Waals surface area contributed by atoms with E-state index in [0.29, 0.717) is 16.5 Å². The third kappa shape index (κ3) is 3.10. The van der Waals surface area contributed by atoms with Gasteiger partial charge in [0.15, 0.2) is 0 Å². The second-order valence-corrected chi connectivity index (χ2v) is 3.68. The summed E-state index contributed by atoms with van der Waals surface area (Å²) in [5.41, 5.74) is 0.394. The van der Waals surface area contributed by atoms with E-state index in [1.807, 2.05) is 13.0 Å². The minimum absolute atomic E-state index is 0.0638. The highest BCUT2D eigenvalue weighted by Crippen LogP contribution is 2.26. The molecule has 0 aliphatic heterocycles. The van der Waals surface area contributed by atoms with Crippen LogP contribution in [0.1, 0.15) is 32.3 Å². The molecule has 0 N–H and O–H groups in total. The molecular formula is C11H13ClN2O. The van der Waals surface area contributed by atoms with Crippen molar-refractivity contribution in [1.29, 1.82) is 5.26 Å². The molecule has 0 aliphatic rings. The van der Waals surface area contributed by atoms with Crippen LogP contribution in [0.4, 0.5) is 0 Å². The van der Waals surface area contributed by atoms with E-state index in [1.54, 1.807) is 6.07 Å². The Labute approximate surface area is 94.7 Å². The van der Waals surface area contributed by atoms with Crippen LogP contribution in [0.15, 0.2) is 12.3 Å². The van der Waals surface area contributed by atoms with Gasteiger partial charge < -0.3 is 4.74 Å². The SMILES string of the molecule is CCCC(C)Oc1nccc(C#N)c1Cl. The van der Waals surface area contributed by atoms with E-state index in [1.165, 1.54) is 6.20 Å². The lowest BCUT2D eigenvalue weighted by atomic mass is 10.2. The molecule has 3 nitrogen and oxygen atoms in total. The van der Waals surface area contributed by atoms with Crippen molar-refractivity contribution in [1.82, 2.24) is 4.98 Å². The van der Waals surface area contributed by atoms with Gasteiger partial charge in [0.25, 0.3) is 0 Å². The van der Waals surface area contributed by atoms with Crippen LogP contribution in [0, 0.1) is 11.3 Å². The lowest BCUT2D eigenvalue weighted by Crippen LogP contribution is -2.12. The van der Waals surface area contributed by atoms with Gasteiger partial charge in [-0.15, -0.1) is 0 Å². The molecule has 1 aromatic rings. The topological polar surface area (TPSA) is 45.9 Å². The maximum atomic E-state index is 8.76. The highest BCUT2D eigenvalue weighted by molar-refractivity contribution is 6.32. The summed E-state index contributed by atoms with van der Waals surface area (Å²) >= 11 is 5.94. The molecule has 0 saturated heterocycles. The smallest absolute Gasteiger partial charge is 0.234 e. The average Bonchev–Trinajstić information content (AvgIpc) is 2.21. The van der Waals surface area contributed by atoms with Crippen LogP contribution in [0.3, 0.4) is 0 Å². The van der Waals surface area contributed by atoms with E-state index < -0.39 is 0 Å². The van der Waals surface area contributed by atoms with Gasteiger partial charge >= 0.3 is 0 Å². The molecule has 0 fully saturated rings. The van der Waals surface area contributed by atoms with Crippen molar-refractivity contribution in [2.24, 2.45) is 0 Å². The zero-order chi connectivity index (χ0) is 11.3. The molecule has 0 amide bonds. The number of hydrogen-bond donors (Lipinski definition) is 0. The Morgan fingerprint density at radius 2 is 2.40 bits per heavy atom. The van der Waals surface area contributed by atoms with Crippen LogP contribution in [-0.4, -0.2) is 11.1 Å². The summed E-state index contributed by atoms with van der Waals surface area (Å²) in [6, 6.07) is 3.56. The van der Waals surface area contributed by atoms with Gasteiger partial charge in [-0.25, -0.2) is 4.98 Å². The van der Waals surface area contributed by atoms with Crippen molar-refractivity contribution in [3.8, 4) is 11.9 Å². The van der Waals surface area contributed by atoms with Gasteiger partial charge in [-0.2, -0.15) is 5.26 Å². The minimum Gasteiger partial charge on any atom is -0.474 e. The summed E-state index contributed by atoms with van der Waals surface area (Å²) in [6.07, 6.45) is 3.57. The van der Waals surface area contributed by atoms with Crippen molar-refractivity contribution < 1.29 is 4.74 Å². The molecule has 1 aromatic heterocycles. The van der Waals surface area contributed by atoms with Gasteiger partial charge in [0.05, 0.1) is 11.7 Å². The first kappa shape index (κ1) is 11.8. The first-order valence-corrected chi connectivity index (χ1v) is 5.28. The van der Waals surface area contributed by atoms with Gasteiger partial charge in [0, 0.05) is 6.20 Å². The van der Waals surface area contributed by atoms with Gasteiger partial charge in [-0.1, -0.05) is 24.9 Å². The first-order valence-electron chi connectivity index (χ1n) is 4.90. The molecule has 1 heterocycles. The van der Waals surface area contributed by atoms with Crippen LogP contribution in [-0.2, 0) is 0 Å². The Morgan fingerprint density at radius 1 is 1.67 bits per heavy atom. The number of aromatic nitrogens is 1. The maximum absolute atomic E-state index is 8.76. The highest BCUT2D eigenvalue weighted by Gasteiger charge is 2.11.